The summed E-state index contributed by atoms with van der Waals surface area (Å²) in [5.74, 6) is -8.86. The third kappa shape index (κ3) is 17.6. The van der Waals surface area contributed by atoms with Gasteiger partial charge in [-0.2, -0.15) is 0 Å². The van der Waals surface area contributed by atoms with Crippen molar-refractivity contribution >= 4 is 29.2 Å². The average Bonchev–Trinajstić information content (AvgIpc) is 1.46. The molecule has 23 heteroatoms. The number of nitrogens with zero attached hydrogens (tertiary/aromatic N) is 1. The molecule has 0 aromatic rings. The summed E-state index contributed by atoms with van der Waals surface area (Å²) in [6, 6.07) is -1.23. The Morgan fingerprint density at radius 2 is 1.47 bits per heavy atom. The molecule has 5 heterocycles. The lowest BCUT2D eigenvalue weighted by Gasteiger charge is -2.42. The number of carbonyl (C=O) groups excluding carboxylic acids is 5. The third-order valence-corrected chi connectivity index (χ3v) is 18.7. The van der Waals surface area contributed by atoms with Crippen molar-refractivity contribution in [1.82, 2.24) is 4.90 Å². The van der Waals surface area contributed by atoms with Gasteiger partial charge in [0.1, 0.15) is 79.0 Å². The van der Waals surface area contributed by atoms with Crippen LogP contribution >= 0.6 is 0 Å². The number of hydrogen-bond donors (Lipinski definition) is 8. The van der Waals surface area contributed by atoms with E-state index in [4.69, 9.17) is 42.6 Å². The van der Waals surface area contributed by atoms with E-state index < -0.39 is 164 Å². The fourth-order valence-corrected chi connectivity index (χ4v) is 13.1. The molecule has 1 aliphatic carbocycles. The van der Waals surface area contributed by atoms with Crippen LogP contribution in [0.1, 0.15) is 126 Å². The number of esters is 1. The summed E-state index contributed by atoms with van der Waals surface area (Å²) in [6.45, 7) is 11.0. The largest absolute Gasteiger partial charge is 0.460 e. The van der Waals surface area contributed by atoms with Crippen molar-refractivity contribution in [3.8, 4) is 0 Å². The van der Waals surface area contributed by atoms with Gasteiger partial charge in [-0.1, -0.05) is 71.1 Å². The first-order valence-corrected chi connectivity index (χ1v) is 30.8. The van der Waals surface area contributed by atoms with Crippen LogP contribution in [0.25, 0.3) is 0 Å². The van der Waals surface area contributed by atoms with E-state index in [1.54, 1.807) is 40.9 Å². The Morgan fingerprint density at radius 3 is 2.14 bits per heavy atom. The normalized spacial score (nSPS) is 43.3. The molecule has 5 aliphatic heterocycles. The molecule has 8 N–H and O–H groups in total. The maximum atomic E-state index is 14.7. The van der Waals surface area contributed by atoms with E-state index in [1.807, 2.05) is 51.2 Å². The van der Waals surface area contributed by atoms with Crippen molar-refractivity contribution < 1.29 is 107 Å². The second kappa shape index (κ2) is 32.8. The van der Waals surface area contributed by atoms with E-state index in [0.29, 0.717) is 63.4 Å². The van der Waals surface area contributed by atoms with Crippen molar-refractivity contribution in [1.29, 1.82) is 0 Å². The van der Waals surface area contributed by atoms with Crippen LogP contribution < -0.4 is 0 Å². The lowest BCUT2D eigenvalue weighted by Crippen LogP contribution is -2.61. The highest BCUT2D eigenvalue weighted by atomic mass is 16.7. The SMILES string of the molecule is CO[C@H]1C[C@@H]2CC[C@@H](C)[C@@](O)(O2)C(=O)C(=O)N2CCCCC2C(=O)O[C@H]([C@H](C)CC2CC[C@@H](OCC3OC(CO)[C@@H](OC4O[C@H](CO)[C@@H](O)[C@H](O)[C@H]4O)[C@@H]3O)[C@H](OC)C2)CC(=O)[C@H](C)/C=C(\C)[C@@H](O)[C@@H](OC)C(=O)[C@H](C)C[C@H](C)\C=C/C=C/C=C/1C. The number of aliphatic hydroxyl groups is 8. The zero-order valence-electron chi connectivity index (χ0n) is 51.8. The molecule has 4 saturated heterocycles. The Labute approximate surface area is 506 Å². The minimum Gasteiger partial charge on any atom is -0.460 e. The van der Waals surface area contributed by atoms with Crippen molar-refractivity contribution in [3.05, 3.63) is 47.6 Å². The van der Waals surface area contributed by atoms with Crippen molar-refractivity contribution in [2.75, 3.05) is 47.7 Å². The van der Waals surface area contributed by atoms with Crippen molar-refractivity contribution in [2.24, 2.45) is 35.5 Å². The number of rotatable bonds is 13. The Morgan fingerprint density at radius 1 is 0.744 bits per heavy atom. The van der Waals surface area contributed by atoms with Gasteiger partial charge in [0, 0.05) is 58.5 Å². The minimum absolute atomic E-state index is 0.0238. The molecule has 1 saturated carbocycles. The number of piperidine rings is 1. The molecular formula is C63H99NO22. The Balaban J connectivity index is 1.21. The number of aliphatic hydroxyl groups excluding tert-OH is 7. The molecule has 0 aromatic carbocycles. The molecule has 0 radical (unpaired) electrons. The first kappa shape index (κ1) is 71.3. The number of hydrogen-bond acceptors (Lipinski definition) is 22. The zero-order valence-corrected chi connectivity index (χ0v) is 51.8. The predicted molar refractivity (Wildman–Crippen MR) is 309 cm³/mol. The number of amides is 1. The summed E-state index contributed by atoms with van der Waals surface area (Å²) >= 11 is 0. The Bertz CT molecular complexity index is 2360. The quantitative estimate of drug-likeness (QED) is 0.0746. The van der Waals surface area contributed by atoms with Crippen LogP contribution in [-0.2, 0) is 66.6 Å². The number of carbonyl (C=O) groups is 5. The molecule has 6 aliphatic rings. The van der Waals surface area contributed by atoms with E-state index in [1.165, 1.54) is 14.2 Å². The van der Waals surface area contributed by atoms with Gasteiger partial charge in [-0.25, -0.2) is 4.79 Å². The van der Waals surface area contributed by atoms with Crippen LogP contribution in [-0.4, -0.2) is 232 Å². The summed E-state index contributed by atoms with van der Waals surface area (Å²) in [6.07, 6.45) is -3.01. The molecule has 24 atom stereocenters. The van der Waals surface area contributed by atoms with E-state index in [2.05, 4.69) is 0 Å². The summed E-state index contributed by atoms with van der Waals surface area (Å²) in [5.41, 5.74) is 1.18. The van der Waals surface area contributed by atoms with Gasteiger partial charge in [-0.3, -0.25) is 19.2 Å². The van der Waals surface area contributed by atoms with Crippen LogP contribution in [0.5, 0.6) is 0 Å². The summed E-state index contributed by atoms with van der Waals surface area (Å²) < 4.78 is 53.5. The predicted octanol–water partition coefficient (Wildman–Crippen LogP) is 2.51. The first-order valence-electron chi connectivity index (χ1n) is 30.8. The van der Waals surface area contributed by atoms with E-state index in [9.17, 15) is 64.8 Å². The minimum atomic E-state index is -2.49. The molecule has 0 spiro atoms. The second-order valence-electron chi connectivity index (χ2n) is 25.1. The molecule has 5 fully saturated rings. The highest BCUT2D eigenvalue weighted by molar-refractivity contribution is 6.39. The van der Waals surface area contributed by atoms with Gasteiger partial charge in [0.25, 0.3) is 11.7 Å². The van der Waals surface area contributed by atoms with Crippen LogP contribution in [0.2, 0.25) is 0 Å². The molecule has 5 unspecified atom stereocenters. The number of methoxy groups -OCH3 is 3. The highest BCUT2D eigenvalue weighted by Gasteiger charge is 2.54. The van der Waals surface area contributed by atoms with Crippen LogP contribution in [0.15, 0.2) is 47.6 Å². The van der Waals surface area contributed by atoms with Gasteiger partial charge < -0.3 is 88.4 Å². The molecule has 488 valence electrons. The first-order chi connectivity index (χ1) is 40.8. The lowest BCUT2D eigenvalue weighted by molar-refractivity contribution is -0.318. The van der Waals surface area contributed by atoms with Crippen LogP contribution in [0, 0.1) is 35.5 Å². The van der Waals surface area contributed by atoms with Gasteiger partial charge in [-0.15, -0.1) is 0 Å². The second-order valence-corrected chi connectivity index (χ2v) is 25.1. The smallest absolute Gasteiger partial charge is 0.329 e. The van der Waals surface area contributed by atoms with E-state index >= 15 is 0 Å². The van der Waals surface area contributed by atoms with Crippen molar-refractivity contribution in [3.63, 3.8) is 0 Å². The van der Waals surface area contributed by atoms with E-state index in [-0.39, 0.29) is 55.8 Å². The van der Waals surface area contributed by atoms with Gasteiger partial charge in [0.05, 0.1) is 44.2 Å². The van der Waals surface area contributed by atoms with Gasteiger partial charge >= 0.3 is 5.97 Å². The van der Waals surface area contributed by atoms with Crippen molar-refractivity contribution in [2.45, 2.75) is 235 Å². The molecule has 1 amide bonds. The number of ether oxygens (including phenoxy) is 9. The third-order valence-electron chi connectivity index (χ3n) is 18.7. The maximum Gasteiger partial charge on any atom is 0.329 e. The Kier molecular flexibility index (Phi) is 27.2. The molecule has 23 nitrogen and oxygen atoms in total. The topological polar surface area (TPSA) is 334 Å². The molecular weight excluding hydrogens is 1120 g/mol. The fraction of sp³-hybridized carbons (Fsp3) is 0.794. The number of Topliss-reactive ketones (excluding diaryl/α,β-unsaturated/α-hetero) is 3. The molecule has 2 bridgehead atoms. The monoisotopic (exact) mass is 1220 g/mol. The van der Waals surface area contributed by atoms with Gasteiger partial charge in [0.15, 0.2) is 12.1 Å². The van der Waals surface area contributed by atoms with Gasteiger partial charge in [0.2, 0.25) is 5.79 Å². The highest BCUT2D eigenvalue weighted by Crippen LogP contribution is 2.39. The lowest BCUT2D eigenvalue weighted by atomic mass is 9.78. The fourth-order valence-electron chi connectivity index (χ4n) is 13.1. The number of ketones is 3. The van der Waals surface area contributed by atoms with Crippen LogP contribution in [0.4, 0.5) is 0 Å². The van der Waals surface area contributed by atoms with Gasteiger partial charge in [-0.05, 0) is 107 Å². The number of allylic oxidation sites excluding steroid dienone is 6. The number of cyclic esters (lactones) is 1. The molecule has 6 rings (SSSR count). The zero-order chi connectivity index (χ0) is 63.3. The van der Waals surface area contributed by atoms with E-state index in [0.717, 1.165) is 10.5 Å². The maximum absolute atomic E-state index is 14.7. The summed E-state index contributed by atoms with van der Waals surface area (Å²) in [4.78, 5) is 73.1. The Hall–Kier alpha value is -3.73. The summed E-state index contributed by atoms with van der Waals surface area (Å²) in [5, 5.41) is 86.0. The average molecular weight is 1220 g/mol. The molecule has 0 aromatic heterocycles. The number of fused-ring (bicyclic) bond motifs is 3. The van der Waals surface area contributed by atoms with Crippen LogP contribution in [0.3, 0.4) is 0 Å². The molecule has 86 heavy (non-hydrogen) atoms. The standard InChI is InChI=1S/C63H99NO22/c1-33-16-12-11-13-17-34(2)45(78-8)28-41-21-19-39(7)63(77,86-41)59(74)60(75)64-23-15-14-18-42(64)61(76)83-46(29-43(67)35(3)25-38(6)52(69)58(80-10)51(68)37(5)24-33)36(4)26-40-20-22-44(47(27-40)79-9)81-32-50-54(71)57(49(31-66)82-50)85-62-56(73)55(72)53(70)48(30-65)84-62/h11-13,16-17,25,33,35-37,39-42,44-50,52-58,62,65-66,69-73,77H,14-15,18-24,26-32H2,1-10H3/b13-11+,16-12-,34-17+,38-25+/t33-,35-,36-,37-,39-,40?,41+,42?,44-,45+,46+,47-,48-,49?,50?,52-,53-,54-,55+,56-,57-,58+,62?,63-/m1/s1. The summed E-state index contributed by atoms with van der Waals surface area (Å²) in [7, 11) is 4.45.